The first kappa shape index (κ1) is 13.1. The number of allylic oxidation sites excluding steroid dienone is 12. The van der Waals surface area contributed by atoms with Crippen molar-refractivity contribution in [2.24, 2.45) is 0 Å². The van der Waals surface area contributed by atoms with Crippen molar-refractivity contribution in [3.8, 4) is 0 Å². The van der Waals surface area contributed by atoms with Gasteiger partial charge in [0.15, 0.2) is 0 Å². The Labute approximate surface area is 91.5 Å². The molecule has 0 saturated carbocycles. The lowest BCUT2D eigenvalue weighted by Gasteiger charge is -1.73. The highest BCUT2D eigenvalue weighted by molar-refractivity contribution is 5.65. The minimum atomic E-state index is 0.750. The molecule has 0 N–H and O–H groups in total. The molecule has 0 atom stereocenters. The van der Waals surface area contributed by atoms with Gasteiger partial charge < -0.3 is 0 Å². The van der Waals surface area contributed by atoms with Crippen LogP contribution in [0.5, 0.6) is 0 Å². The van der Waals surface area contributed by atoms with E-state index in [-0.39, 0.29) is 0 Å². The third-order valence-corrected chi connectivity index (χ3v) is 1.38. The Hall–Kier alpha value is -1.89. The maximum Gasteiger partial charge on any atom is 0.142 e. The quantitative estimate of drug-likeness (QED) is 0.364. The minimum Gasteiger partial charge on any atom is -0.299 e. The van der Waals surface area contributed by atoms with Gasteiger partial charge in [-0.2, -0.15) is 0 Å². The standard InChI is InChI=1S/C14H16O/c1-2-3-4-5-6-7-8-9-10-11-12-13-14-15/h2-14H,1H3/b3-2+,5-4+,7-6+,9-8+,11-10+,13-12+. The van der Waals surface area contributed by atoms with E-state index in [1.807, 2.05) is 61.6 Å². The second kappa shape index (κ2) is 12.1. The Morgan fingerprint density at radius 2 is 0.867 bits per heavy atom. The summed E-state index contributed by atoms with van der Waals surface area (Å²) in [6, 6.07) is 0. The molecule has 0 aromatic carbocycles. The summed E-state index contributed by atoms with van der Waals surface area (Å²) in [4.78, 5) is 9.90. The molecule has 0 aliphatic rings. The third kappa shape index (κ3) is 12.1. The van der Waals surface area contributed by atoms with Crippen molar-refractivity contribution in [3.05, 3.63) is 72.9 Å². The average molecular weight is 200 g/mol. The Bertz CT molecular complexity index is 312. The number of carbonyl (C=O) groups is 1. The van der Waals surface area contributed by atoms with Crippen LogP contribution in [0.25, 0.3) is 0 Å². The lowest BCUT2D eigenvalue weighted by atomic mass is 10.3. The molecule has 78 valence electrons. The van der Waals surface area contributed by atoms with Crippen molar-refractivity contribution >= 4 is 6.29 Å². The fraction of sp³-hybridized carbons (Fsp3) is 0.0714. The lowest BCUT2D eigenvalue weighted by Crippen LogP contribution is -1.56. The summed E-state index contributed by atoms with van der Waals surface area (Å²) < 4.78 is 0. The zero-order valence-corrected chi connectivity index (χ0v) is 8.91. The molecule has 0 aromatic heterocycles. The van der Waals surface area contributed by atoms with Gasteiger partial charge in [-0.05, 0) is 13.0 Å². The normalized spacial score (nSPS) is 13.7. The summed E-state index contributed by atoms with van der Waals surface area (Å²) in [7, 11) is 0. The molecule has 0 bridgehead atoms. The highest BCUT2D eigenvalue weighted by atomic mass is 16.1. The van der Waals surface area contributed by atoms with Crippen molar-refractivity contribution in [2.75, 3.05) is 0 Å². The first-order valence-electron chi connectivity index (χ1n) is 4.81. The number of aldehydes is 1. The van der Waals surface area contributed by atoms with E-state index in [9.17, 15) is 4.79 Å². The molecule has 0 saturated heterocycles. The van der Waals surface area contributed by atoms with Crippen LogP contribution in [0.4, 0.5) is 0 Å². The smallest absolute Gasteiger partial charge is 0.142 e. The van der Waals surface area contributed by atoms with E-state index in [1.54, 1.807) is 12.2 Å². The average Bonchev–Trinajstić information content (AvgIpc) is 2.26. The third-order valence-electron chi connectivity index (χ3n) is 1.38. The van der Waals surface area contributed by atoms with Gasteiger partial charge in [0.2, 0.25) is 0 Å². The maximum atomic E-state index is 9.90. The molecule has 0 heterocycles. The number of rotatable bonds is 6. The molecule has 0 rings (SSSR count). The summed E-state index contributed by atoms with van der Waals surface area (Å²) in [6.07, 6.45) is 23.1. The molecule has 0 unspecified atom stereocenters. The van der Waals surface area contributed by atoms with Gasteiger partial charge in [-0.1, -0.05) is 66.8 Å². The van der Waals surface area contributed by atoms with Crippen LogP contribution < -0.4 is 0 Å². The molecule has 1 nitrogen and oxygen atoms in total. The fourth-order valence-corrected chi connectivity index (χ4v) is 0.734. The van der Waals surface area contributed by atoms with Crippen molar-refractivity contribution in [1.82, 2.24) is 0 Å². The van der Waals surface area contributed by atoms with E-state index in [0.717, 1.165) is 6.29 Å². The summed E-state index contributed by atoms with van der Waals surface area (Å²) in [5.74, 6) is 0. The van der Waals surface area contributed by atoms with Crippen LogP contribution in [0.1, 0.15) is 6.92 Å². The van der Waals surface area contributed by atoms with E-state index in [4.69, 9.17) is 0 Å². The van der Waals surface area contributed by atoms with Crippen LogP contribution in [0.15, 0.2) is 72.9 Å². The maximum absolute atomic E-state index is 9.90. The van der Waals surface area contributed by atoms with E-state index in [1.165, 1.54) is 6.08 Å². The van der Waals surface area contributed by atoms with Crippen molar-refractivity contribution in [2.45, 2.75) is 6.92 Å². The number of hydrogen-bond acceptors (Lipinski definition) is 1. The molecule has 0 aromatic rings. The van der Waals surface area contributed by atoms with Crippen LogP contribution in [-0.4, -0.2) is 6.29 Å². The Balaban J connectivity index is 3.74. The van der Waals surface area contributed by atoms with Crippen LogP contribution in [0, 0.1) is 0 Å². The van der Waals surface area contributed by atoms with E-state index >= 15 is 0 Å². The molecule has 0 amide bonds. The Morgan fingerprint density at radius 3 is 1.20 bits per heavy atom. The van der Waals surface area contributed by atoms with Gasteiger partial charge in [0.05, 0.1) is 0 Å². The summed E-state index contributed by atoms with van der Waals surface area (Å²) >= 11 is 0. The van der Waals surface area contributed by atoms with Crippen LogP contribution in [-0.2, 0) is 4.79 Å². The zero-order chi connectivity index (χ0) is 11.2. The first-order valence-corrected chi connectivity index (χ1v) is 4.81. The molecule has 0 radical (unpaired) electrons. The van der Waals surface area contributed by atoms with Crippen molar-refractivity contribution in [1.29, 1.82) is 0 Å². The van der Waals surface area contributed by atoms with Gasteiger partial charge in [-0.15, -0.1) is 0 Å². The molecule has 0 aliphatic heterocycles. The zero-order valence-electron chi connectivity index (χ0n) is 8.91. The second-order valence-electron chi connectivity index (χ2n) is 2.59. The molecular formula is C14H16O. The largest absolute Gasteiger partial charge is 0.299 e. The molecule has 15 heavy (non-hydrogen) atoms. The van der Waals surface area contributed by atoms with E-state index in [2.05, 4.69) is 0 Å². The van der Waals surface area contributed by atoms with E-state index < -0.39 is 0 Å². The van der Waals surface area contributed by atoms with Crippen LogP contribution >= 0.6 is 0 Å². The number of hydrogen-bond donors (Lipinski definition) is 0. The Morgan fingerprint density at radius 1 is 0.533 bits per heavy atom. The summed E-state index contributed by atoms with van der Waals surface area (Å²) in [6.45, 7) is 1.98. The molecule has 0 spiro atoms. The topological polar surface area (TPSA) is 17.1 Å². The SMILES string of the molecule is C/C=C/C=C/C=C/C=C/C=C/C=C/C=O. The highest BCUT2D eigenvalue weighted by Crippen LogP contribution is 1.83. The summed E-state index contributed by atoms with van der Waals surface area (Å²) in [5, 5.41) is 0. The predicted molar refractivity (Wildman–Crippen MR) is 66.6 cm³/mol. The van der Waals surface area contributed by atoms with Gasteiger partial charge in [-0.25, -0.2) is 0 Å². The monoisotopic (exact) mass is 200 g/mol. The number of carbonyl (C=O) groups excluding carboxylic acids is 1. The van der Waals surface area contributed by atoms with Gasteiger partial charge in [0.25, 0.3) is 0 Å². The van der Waals surface area contributed by atoms with E-state index in [0.29, 0.717) is 0 Å². The molecule has 0 aliphatic carbocycles. The Kier molecular flexibility index (Phi) is 10.6. The first-order chi connectivity index (χ1) is 7.41. The van der Waals surface area contributed by atoms with Gasteiger partial charge in [-0.3, -0.25) is 4.79 Å². The van der Waals surface area contributed by atoms with Crippen molar-refractivity contribution < 1.29 is 4.79 Å². The molecule has 0 fully saturated rings. The van der Waals surface area contributed by atoms with Gasteiger partial charge in [0.1, 0.15) is 6.29 Å². The predicted octanol–water partition coefficient (Wildman–Crippen LogP) is 3.54. The van der Waals surface area contributed by atoms with Crippen LogP contribution in [0.3, 0.4) is 0 Å². The van der Waals surface area contributed by atoms with Gasteiger partial charge in [0, 0.05) is 0 Å². The highest BCUT2D eigenvalue weighted by Gasteiger charge is 1.63. The summed E-state index contributed by atoms with van der Waals surface area (Å²) in [5.41, 5.74) is 0. The molecule has 1 heteroatoms. The lowest BCUT2D eigenvalue weighted by molar-refractivity contribution is -0.104. The molecular weight excluding hydrogens is 184 g/mol. The van der Waals surface area contributed by atoms with Crippen molar-refractivity contribution in [3.63, 3.8) is 0 Å². The second-order valence-corrected chi connectivity index (χ2v) is 2.59. The fourth-order valence-electron chi connectivity index (χ4n) is 0.734. The van der Waals surface area contributed by atoms with Gasteiger partial charge >= 0.3 is 0 Å². The minimum absolute atomic E-state index is 0.750. The van der Waals surface area contributed by atoms with Crippen LogP contribution in [0.2, 0.25) is 0 Å².